The van der Waals surface area contributed by atoms with Crippen LogP contribution < -0.4 is 5.73 Å². The number of rotatable bonds is 0. The van der Waals surface area contributed by atoms with Crippen molar-refractivity contribution in [3.05, 3.63) is 0 Å². The molecule has 0 bridgehead atoms. The van der Waals surface area contributed by atoms with Gasteiger partial charge in [-0.05, 0) is 0 Å². The van der Waals surface area contributed by atoms with Crippen LogP contribution in [0.1, 0.15) is 6.42 Å². The molecule has 42 valence electrons. The molecule has 0 aromatic carbocycles. The van der Waals surface area contributed by atoms with Crippen LogP contribution in [0.2, 0.25) is 0 Å². The first-order valence-electron chi connectivity index (χ1n) is 2.30. The molecule has 3 nitrogen and oxygen atoms in total. The van der Waals surface area contributed by atoms with Crippen molar-refractivity contribution in [3.8, 4) is 0 Å². The van der Waals surface area contributed by atoms with Crippen molar-refractivity contribution in [2.24, 2.45) is 5.73 Å². The van der Waals surface area contributed by atoms with Crippen LogP contribution in [-0.4, -0.2) is 24.0 Å². The summed E-state index contributed by atoms with van der Waals surface area (Å²) in [5, 5.41) is 8.85. The van der Waals surface area contributed by atoms with E-state index in [9.17, 15) is 0 Å². The Morgan fingerprint density at radius 3 is 2.57 bits per heavy atom. The lowest BCUT2D eigenvalue weighted by molar-refractivity contribution is 0.0325. The third kappa shape index (κ3) is 1.12. The van der Waals surface area contributed by atoms with Gasteiger partial charge in [-0.25, -0.2) is 0 Å². The number of hydrogen-bond acceptors (Lipinski definition) is 3. The third-order valence-electron chi connectivity index (χ3n) is 1.03. The van der Waals surface area contributed by atoms with Gasteiger partial charge in [0.1, 0.15) is 5.72 Å². The molecule has 1 unspecified atom stereocenters. The Hall–Kier alpha value is -0.120. The van der Waals surface area contributed by atoms with Gasteiger partial charge in [0.05, 0.1) is 13.2 Å². The van der Waals surface area contributed by atoms with Crippen LogP contribution in [-0.2, 0) is 4.74 Å². The molecule has 0 aromatic rings. The van der Waals surface area contributed by atoms with Crippen molar-refractivity contribution >= 4 is 0 Å². The Balaban J connectivity index is 2.40. The molecule has 0 aliphatic carbocycles. The average Bonchev–Trinajstić information content (AvgIpc) is 1.84. The van der Waals surface area contributed by atoms with E-state index in [-0.39, 0.29) is 6.61 Å². The second kappa shape index (κ2) is 1.43. The van der Waals surface area contributed by atoms with E-state index in [1.807, 2.05) is 0 Å². The van der Waals surface area contributed by atoms with Crippen molar-refractivity contribution in [2.75, 3.05) is 13.2 Å². The van der Waals surface area contributed by atoms with Crippen molar-refractivity contribution in [2.45, 2.75) is 12.1 Å². The van der Waals surface area contributed by atoms with E-state index >= 15 is 0 Å². The van der Waals surface area contributed by atoms with Crippen LogP contribution in [0.15, 0.2) is 0 Å². The second-order valence-electron chi connectivity index (χ2n) is 1.91. The fourth-order valence-corrected chi connectivity index (χ4v) is 0.570. The lowest BCUT2D eigenvalue weighted by atomic mass is 10.2. The predicted molar refractivity (Wildman–Crippen MR) is 24.6 cm³/mol. The molecular formula is C4H9NO2. The maximum atomic E-state index is 8.85. The van der Waals surface area contributed by atoms with Gasteiger partial charge in [0.25, 0.3) is 0 Å². The molecule has 1 aliphatic rings. The van der Waals surface area contributed by atoms with Gasteiger partial charge in [-0.2, -0.15) is 0 Å². The average molecular weight is 103 g/mol. The van der Waals surface area contributed by atoms with E-state index in [0.717, 1.165) is 0 Å². The number of nitrogens with two attached hydrogens (primary N) is 1. The monoisotopic (exact) mass is 103 g/mol. The first kappa shape index (κ1) is 5.03. The highest BCUT2D eigenvalue weighted by Gasteiger charge is 2.26. The molecule has 1 heterocycles. The molecule has 1 atom stereocenters. The zero-order valence-electron chi connectivity index (χ0n) is 4.05. The van der Waals surface area contributed by atoms with Crippen molar-refractivity contribution in [3.63, 3.8) is 0 Å². The molecule has 0 spiro atoms. The molecule has 1 fully saturated rings. The number of ether oxygens (including phenoxy) is 1. The first-order chi connectivity index (χ1) is 3.21. The van der Waals surface area contributed by atoms with Gasteiger partial charge in [0, 0.05) is 6.42 Å². The fourth-order valence-electron chi connectivity index (χ4n) is 0.570. The summed E-state index contributed by atoms with van der Waals surface area (Å²) in [6.45, 7) is 0.875. The highest BCUT2D eigenvalue weighted by Crippen LogP contribution is 2.09. The Kier molecular flexibility index (Phi) is 1.03. The van der Waals surface area contributed by atoms with E-state index in [2.05, 4.69) is 0 Å². The standard InChI is InChI=1S/C4H9NO2/c5-4(6)1-2-7-3-4/h6H,1-3,5H2. The molecule has 1 saturated heterocycles. The summed E-state index contributed by atoms with van der Waals surface area (Å²) >= 11 is 0. The SMILES string of the molecule is NC1(O)CCOC1. The maximum Gasteiger partial charge on any atom is 0.139 e. The normalized spacial score (nSPS) is 42.0. The molecule has 1 aliphatic heterocycles. The van der Waals surface area contributed by atoms with Crippen molar-refractivity contribution < 1.29 is 9.84 Å². The summed E-state index contributed by atoms with van der Waals surface area (Å²) in [7, 11) is 0. The van der Waals surface area contributed by atoms with Gasteiger partial charge in [-0.3, -0.25) is 0 Å². The van der Waals surface area contributed by atoms with Crippen LogP contribution in [0.25, 0.3) is 0 Å². The summed E-state index contributed by atoms with van der Waals surface area (Å²) in [4.78, 5) is 0. The molecule has 7 heavy (non-hydrogen) atoms. The quantitative estimate of drug-likeness (QED) is 0.389. The van der Waals surface area contributed by atoms with E-state index in [1.54, 1.807) is 0 Å². The predicted octanol–water partition coefficient (Wildman–Crippen LogP) is -0.946. The second-order valence-corrected chi connectivity index (χ2v) is 1.91. The van der Waals surface area contributed by atoms with E-state index < -0.39 is 5.72 Å². The molecule has 1 rings (SSSR count). The first-order valence-corrected chi connectivity index (χ1v) is 2.30. The summed E-state index contributed by atoms with van der Waals surface area (Å²) < 4.78 is 4.78. The van der Waals surface area contributed by atoms with E-state index in [4.69, 9.17) is 15.6 Å². The van der Waals surface area contributed by atoms with Gasteiger partial charge in [0.2, 0.25) is 0 Å². The minimum atomic E-state index is -1.03. The fraction of sp³-hybridized carbons (Fsp3) is 1.00. The Bertz CT molecular complexity index is 64.1. The van der Waals surface area contributed by atoms with Crippen LogP contribution in [0.4, 0.5) is 0 Å². The highest BCUT2D eigenvalue weighted by molar-refractivity contribution is 4.74. The minimum absolute atomic E-state index is 0.285. The molecule has 0 radical (unpaired) electrons. The van der Waals surface area contributed by atoms with Gasteiger partial charge >= 0.3 is 0 Å². The van der Waals surface area contributed by atoms with Gasteiger partial charge in [-0.1, -0.05) is 0 Å². The maximum absolute atomic E-state index is 8.85. The molecule has 0 amide bonds. The summed E-state index contributed by atoms with van der Waals surface area (Å²) in [5.74, 6) is 0. The smallest absolute Gasteiger partial charge is 0.139 e. The van der Waals surface area contributed by atoms with Crippen LogP contribution in [0.3, 0.4) is 0 Å². The Morgan fingerprint density at radius 2 is 2.43 bits per heavy atom. The summed E-state index contributed by atoms with van der Waals surface area (Å²) in [5.41, 5.74) is 4.18. The van der Waals surface area contributed by atoms with Crippen molar-refractivity contribution in [1.82, 2.24) is 0 Å². The van der Waals surface area contributed by atoms with Gasteiger partial charge in [-0.15, -0.1) is 0 Å². The summed E-state index contributed by atoms with van der Waals surface area (Å²) in [6, 6.07) is 0. The highest BCUT2D eigenvalue weighted by atomic mass is 16.5. The van der Waals surface area contributed by atoms with Crippen molar-refractivity contribution in [1.29, 1.82) is 0 Å². The van der Waals surface area contributed by atoms with Crippen LogP contribution in [0.5, 0.6) is 0 Å². The van der Waals surface area contributed by atoms with Gasteiger partial charge in [0.15, 0.2) is 0 Å². The Labute approximate surface area is 42.1 Å². The van der Waals surface area contributed by atoms with E-state index in [0.29, 0.717) is 13.0 Å². The molecule has 0 aromatic heterocycles. The van der Waals surface area contributed by atoms with Crippen LogP contribution >= 0.6 is 0 Å². The van der Waals surface area contributed by atoms with E-state index in [1.165, 1.54) is 0 Å². The Morgan fingerprint density at radius 1 is 1.71 bits per heavy atom. The number of aliphatic hydroxyl groups is 1. The zero-order chi connectivity index (χ0) is 5.33. The largest absolute Gasteiger partial charge is 0.377 e. The molecule has 0 saturated carbocycles. The molecule has 3 heteroatoms. The minimum Gasteiger partial charge on any atom is -0.377 e. The lowest BCUT2D eigenvalue weighted by Crippen LogP contribution is -2.39. The lowest BCUT2D eigenvalue weighted by Gasteiger charge is -2.10. The molecular weight excluding hydrogens is 94.0 g/mol. The molecule has 3 N–H and O–H groups in total. The zero-order valence-corrected chi connectivity index (χ0v) is 4.05. The van der Waals surface area contributed by atoms with Gasteiger partial charge < -0.3 is 15.6 Å². The van der Waals surface area contributed by atoms with Crippen LogP contribution in [0, 0.1) is 0 Å². The summed E-state index contributed by atoms with van der Waals surface area (Å²) in [6.07, 6.45) is 0.562. The number of hydrogen-bond donors (Lipinski definition) is 2. The topological polar surface area (TPSA) is 55.5 Å². The third-order valence-corrected chi connectivity index (χ3v) is 1.03.